The summed E-state index contributed by atoms with van der Waals surface area (Å²) in [5.74, 6) is 0.207. The van der Waals surface area contributed by atoms with Gasteiger partial charge in [-0.25, -0.2) is 13.2 Å². The van der Waals surface area contributed by atoms with Gasteiger partial charge in [0.1, 0.15) is 0 Å². The number of nitrogens with one attached hydrogen (secondary N) is 2. The number of aromatic nitrogens is 2. The minimum atomic E-state index is -3.05. The maximum Gasteiger partial charge on any atom is 0.323 e. The molecule has 0 unspecified atom stereocenters. The summed E-state index contributed by atoms with van der Waals surface area (Å²) in [6, 6.07) is 5.13. The molecule has 0 aliphatic carbocycles. The lowest BCUT2D eigenvalue weighted by atomic mass is 10.2. The molecule has 0 spiro atoms. The summed E-state index contributed by atoms with van der Waals surface area (Å²) in [4.78, 5) is 16.3. The Hall–Kier alpha value is -1.56. The molecule has 0 saturated heterocycles. The standard InChI is InChI=1S/C11H14N2O3S/c1-2-5-17(15,16)7-8-3-4-9-10(6-8)13-11(14)12-9/h3-4,6H,2,5,7H2,1H3,(H2,12,13,14). The van der Waals surface area contributed by atoms with Gasteiger partial charge in [0, 0.05) is 0 Å². The van der Waals surface area contributed by atoms with Gasteiger partial charge in [0.05, 0.1) is 22.5 Å². The monoisotopic (exact) mass is 254 g/mol. The van der Waals surface area contributed by atoms with E-state index in [0.717, 1.165) is 0 Å². The van der Waals surface area contributed by atoms with Crippen LogP contribution in [0.15, 0.2) is 23.0 Å². The smallest absolute Gasteiger partial charge is 0.306 e. The molecule has 2 rings (SSSR count). The molecule has 17 heavy (non-hydrogen) atoms. The van der Waals surface area contributed by atoms with Crippen molar-refractivity contribution in [2.24, 2.45) is 0 Å². The molecule has 92 valence electrons. The first kappa shape index (κ1) is 11.9. The number of hydrogen-bond donors (Lipinski definition) is 2. The highest BCUT2D eigenvalue weighted by Gasteiger charge is 2.11. The predicted molar refractivity (Wildman–Crippen MR) is 66.7 cm³/mol. The van der Waals surface area contributed by atoms with Crippen LogP contribution in [0.2, 0.25) is 0 Å². The summed E-state index contributed by atoms with van der Waals surface area (Å²) in [5, 5.41) is 0. The molecule has 0 aliphatic rings. The second-order valence-electron chi connectivity index (χ2n) is 4.05. The van der Waals surface area contributed by atoms with Gasteiger partial charge in [0.25, 0.3) is 0 Å². The van der Waals surface area contributed by atoms with E-state index in [1.54, 1.807) is 18.2 Å². The van der Waals surface area contributed by atoms with Crippen LogP contribution < -0.4 is 5.69 Å². The summed E-state index contributed by atoms with van der Waals surface area (Å²) in [6.07, 6.45) is 0.617. The van der Waals surface area contributed by atoms with Crippen molar-refractivity contribution in [3.63, 3.8) is 0 Å². The minimum Gasteiger partial charge on any atom is -0.306 e. The predicted octanol–water partition coefficient (Wildman–Crippen LogP) is 1.18. The van der Waals surface area contributed by atoms with Crippen LogP contribution in [-0.2, 0) is 15.6 Å². The van der Waals surface area contributed by atoms with Gasteiger partial charge < -0.3 is 9.97 Å². The molecule has 6 heteroatoms. The molecule has 5 nitrogen and oxygen atoms in total. The van der Waals surface area contributed by atoms with E-state index in [1.807, 2.05) is 6.92 Å². The quantitative estimate of drug-likeness (QED) is 0.859. The van der Waals surface area contributed by atoms with Gasteiger partial charge in [-0.15, -0.1) is 0 Å². The van der Waals surface area contributed by atoms with Crippen LogP contribution in [0.1, 0.15) is 18.9 Å². The van der Waals surface area contributed by atoms with E-state index >= 15 is 0 Å². The van der Waals surface area contributed by atoms with Crippen LogP contribution in [0.4, 0.5) is 0 Å². The van der Waals surface area contributed by atoms with Gasteiger partial charge in [0.2, 0.25) is 0 Å². The fourth-order valence-electron chi connectivity index (χ4n) is 1.81. The molecule has 0 atom stereocenters. The first-order chi connectivity index (χ1) is 8.00. The molecule has 1 heterocycles. The van der Waals surface area contributed by atoms with E-state index in [2.05, 4.69) is 9.97 Å². The summed E-state index contributed by atoms with van der Waals surface area (Å²) in [7, 11) is -3.05. The van der Waals surface area contributed by atoms with E-state index in [-0.39, 0.29) is 17.2 Å². The molecule has 1 aromatic heterocycles. The number of benzene rings is 1. The highest BCUT2D eigenvalue weighted by Crippen LogP contribution is 2.13. The van der Waals surface area contributed by atoms with Crippen molar-refractivity contribution in [1.29, 1.82) is 0 Å². The molecule has 0 bridgehead atoms. The van der Waals surface area contributed by atoms with Gasteiger partial charge in [-0.2, -0.15) is 0 Å². The largest absolute Gasteiger partial charge is 0.323 e. The van der Waals surface area contributed by atoms with Crippen LogP contribution in [0.25, 0.3) is 11.0 Å². The molecule has 1 aromatic carbocycles. The fourth-order valence-corrected chi connectivity index (χ4v) is 3.26. The van der Waals surface area contributed by atoms with Crippen molar-refractivity contribution in [2.75, 3.05) is 5.75 Å². The maximum atomic E-state index is 11.7. The number of rotatable bonds is 4. The van der Waals surface area contributed by atoms with Gasteiger partial charge in [-0.1, -0.05) is 13.0 Å². The van der Waals surface area contributed by atoms with E-state index in [4.69, 9.17) is 0 Å². The molecule has 0 saturated carbocycles. The van der Waals surface area contributed by atoms with Crippen molar-refractivity contribution in [2.45, 2.75) is 19.1 Å². The van der Waals surface area contributed by atoms with Crippen LogP contribution in [0.5, 0.6) is 0 Å². The van der Waals surface area contributed by atoms with Gasteiger partial charge >= 0.3 is 5.69 Å². The fraction of sp³-hybridized carbons (Fsp3) is 0.364. The molecule has 0 radical (unpaired) electrons. The van der Waals surface area contributed by atoms with Crippen molar-refractivity contribution in [1.82, 2.24) is 9.97 Å². The topological polar surface area (TPSA) is 82.8 Å². The number of sulfone groups is 1. The second kappa shape index (κ2) is 4.37. The van der Waals surface area contributed by atoms with Crippen molar-refractivity contribution in [3.05, 3.63) is 34.2 Å². The van der Waals surface area contributed by atoms with E-state index in [0.29, 0.717) is 23.0 Å². The van der Waals surface area contributed by atoms with Gasteiger partial charge in [-0.05, 0) is 24.1 Å². The number of H-pyrrole nitrogens is 2. The lowest BCUT2D eigenvalue weighted by Crippen LogP contribution is -2.08. The third-order valence-electron chi connectivity index (χ3n) is 2.48. The molecular weight excluding hydrogens is 240 g/mol. The number of fused-ring (bicyclic) bond motifs is 1. The molecule has 0 aliphatic heterocycles. The average molecular weight is 254 g/mol. The zero-order chi connectivity index (χ0) is 12.5. The molecule has 0 fully saturated rings. The highest BCUT2D eigenvalue weighted by molar-refractivity contribution is 7.90. The summed E-state index contributed by atoms with van der Waals surface area (Å²) in [5.41, 5.74) is 1.74. The zero-order valence-electron chi connectivity index (χ0n) is 9.49. The average Bonchev–Trinajstić information content (AvgIpc) is 2.56. The Morgan fingerprint density at radius 3 is 2.59 bits per heavy atom. The van der Waals surface area contributed by atoms with Crippen LogP contribution in [0, 0.1) is 0 Å². The van der Waals surface area contributed by atoms with Crippen LogP contribution in [0.3, 0.4) is 0 Å². The molecule has 2 aromatic rings. The summed E-state index contributed by atoms with van der Waals surface area (Å²) in [6.45, 7) is 1.84. The maximum absolute atomic E-state index is 11.7. The van der Waals surface area contributed by atoms with Gasteiger partial charge in [0.15, 0.2) is 9.84 Å². The van der Waals surface area contributed by atoms with Crippen molar-refractivity contribution in [3.8, 4) is 0 Å². The molecule has 2 N–H and O–H groups in total. The minimum absolute atomic E-state index is 0.0178. The highest BCUT2D eigenvalue weighted by atomic mass is 32.2. The molecule has 0 amide bonds. The number of aromatic amines is 2. The normalized spacial score (nSPS) is 12.1. The van der Waals surface area contributed by atoms with Crippen molar-refractivity contribution < 1.29 is 8.42 Å². The Kier molecular flexibility index (Phi) is 3.06. The van der Waals surface area contributed by atoms with E-state index in [1.165, 1.54) is 0 Å². The Morgan fingerprint density at radius 1 is 1.18 bits per heavy atom. The second-order valence-corrected chi connectivity index (χ2v) is 6.24. The number of imidazole rings is 1. The first-order valence-electron chi connectivity index (χ1n) is 5.41. The summed E-state index contributed by atoms with van der Waals surface area (Å²) < 4.78 is 23.3. The van der Waals surface area contributed by atoms with Crippen LogP contribution in [-0.4, -0.2) is 24.1 Å². The zero-order valence-corrected chi connectivity index (χ0v) is 10.3. The molecular formula is C11H14N2O3S. The lowest BCUT2D eigenvalue weighted by Gasteiger charge is -2.02. The summed E-state index contributed by atoms with van der Waals surface area (Å²) >= 11 is 0. The third-order valence-corrected chi connectivity index (χ3v) is 4.29. The van der Waals surface area contributed by atoms with Crippen molar-refractivity contribution >= 4 is 20.9 Å². The first-order valence-corrected chi connectivity index (χ1v) is 7.23. The Labute approximate surface area is 98.8 Å². The van der Waals surface area contributed by atoms with E-state index < -0.39 is 9.84 Å². The Balaban J connectivity index is 2.34. The van der Waals surface area contributed by atoms with E-state index in [9.17, 15) is 13.2 Å². The Bertz CT molecular complexity index is 682. The van der Waals surface area contributed by atoms with Crippen LogP contribution >= 0.6 is 0 Å². The van der Waals surface area contributed by atoms with Gasteiger partial charge in [-0.3, -0.25) is 0 Å². The third kappa shape index (κ3) is 2.76. The Morgan fingerprint density at radius 2 is 1.88 bits per heavy atom. The lowest BCUT2D eigenvalue weighted by molar-refractivity contribution is 0.594. The number of hydrogen-bond acceptors (Lipinski definition) is 3. The SMILES string of the molecule is CCCS(=O)(=O)Cc1ccc2[nH]c(=O)[nH]c2c1.